The largest absolute Gasteiger partial charge is 0.455 e. The van der Waals surface area contributed by atoms with Crippen LogP contribution in [0.2, 0.25) is 0 Å². The van der Waals surface area contributed by atoms with Gasteiger partial charge in [-0.15, -0.1) is 0 Å². The van der Waals surface area contributed by atoms with E-state index in [-0.39, 0.29) is 11.9 Å². The Kier molecular flexibility index (Phi) is 5.56. The lowest BCUT2D eigenvalue weighted by Gasteiger charge is -2.41. The molecule has 1 aromatic heterocycles. The number of hydrogen-bond donors (Lipinski definition) is 1. The van der Waals surface area contributed by atoms with Crippen LogP contribution in [-0.4, -0.2) is 41.9 Å². The number of rotatable bonds is 5. The molecule has 1 saturated heterocycles. The molecule has 1 fully saturated rings. The third-order valence-corrected chi connectivity index (χ3v) is 5.08. The fourth-order valence-corrected chi connectivity index (χ4v) is 3.71. The molecule has 0 radical (unpaired) electrons. The van der Waals surface area contributed by atoms with Crippen LogP contribution >= 0.6 is 0 Å². The molecular formula is C20H27N3O2. The Labute approximate surface area is 149 Å². The number of hydrogen-bond acceptors (Lipinski definition) is 4. The normalized spacial score (nSPS) is 21.2. The number of amides is 1. The highest BCUT2D eigenvalue weighted by Crippen LogP contribution is 2.24. The Hall–Kier alpha value is -2.11. The minimum absolute atomic E-state index is 0.0620. The maximum absolute atomic E-state index is 12.7. The molecule has 25 heavy (non-hydrogen) atoms. The Balaban J connectivity index is 1.59. The maximum Gasteiger partial charge on any atom is 0.289 e. The fourth-order valence-electron chi connectivity index (χ4n) is 3.71. The molecular weight excluding hydrogens is 314 g/mol. The molecule has 5 heteroatoms. The molecule has 0 spiro atoms. The average Bonchev–Trinajstić information content (AvgIpc) is 3.11. The van der Waals surface area contributed by atoms with Gasteiger partial charge in [0, 0.05) is 32.7 Å². The van der Waals surface area contributed by atoms with Crippen LogP contribution in [-0.2, 0) is 13.1 Å². The third kappa shape index (κ3) is 4.11. The smallest absolute Gasteiger partial charge is 0.289 e. The minimum atomic E-state index is -0.0620. The van der Waals surface area contributed by atoms with E-state index < -0.39 is 0 Å². The lowest BCUT2D eigenvalue weighted by atomic mass is 9.92. The quantitative estimate of drug-likeness (QED) is 0.908. The van der Waals surface area contributed by atoms with Crippen molar-refractivity contribution in [1.82, 2.24) is 9.80 Å². The lowest BCUT2D eigenvalue weighted by Crippen LogP contribution is -2.50. The molecule has 2 atom stereocenters. The first kappa shape index (κ1) is 17.7. The minimum Gasteiger partial charge on any atom is -0.455 e. The van der Waals surface area contributed by atoms with E-state index in [0.29, 0.717) is 24.0 Å². The van der Waals surface area contributed by atoms with Crippen LogP contribution in [0.4, 0.5) is 0 Å². The van der Waals surface area contributed by atoms with Crippen molar-refractivity contribution in [1.29, 1.82) is 0 Å². The molecule has 5 nitrogen and oxygen atoms in total. The summed E-state index contributed by atoms with van der Waals surface area (Å²) in [5.74, 6) is 1.37. The predicted molar refractivity (Wildman–Crippen MR) is 98.0 cm³/mol. The second kappa shape index (κ2) is 7.85. The van der Waals surface area contributed by atoms with Crippen molar-refractivity contribution in [2.75, 3.05) is 20.1 Å². The summed E-state index contributed by atoms with van der Waals surface area (Å²) >= 11 is 0. The summed E-state index contributed by atoms with van der Waals surface area (Å²) in [4.78, 5) is 17.0. The zero-order valence-electron chi connectivity index (χ0n) is 15.0. The molecule has 1 aliphatic rings. The first-order chi connectivity index (χ1) is 12.1. The van der Waals surface area contributed by atoms with Crippen molar-refractivity contribution >= 4 is 5.91 Å². The second-order valence-corrected chi connectivity index (χ2v) is 6.94. The molecule has 2 N–H and O–H groups in total. The predicted octanol–water partition coefficient (Wildman–Crippen LogP) is 2.72. The van der Waals surface area contributed by atoms with Crippen LogP contribution in [0.3, 0.4) is 0 Å². The first-order valence-electron chi connectivity index (χ1n) is 8.90. The molecule has 2 aromatic rings. The van der Waals surface area contributed by atoms with E-state index in [1.54, 1.807) is 12.1 Å². The number of nitrogens with two attached hydrogens (primary N) is 1. The van der Waals surface area contributed by atoms with Gasteiger partial charge in [0.2, 0.25) is 0 Å². The van der Waals surface area contributed by atoms with E-state index in [1.807, 2.05) is 18.0 Å². The Bertz CT molecular complexity index is 698. The highest BCUT2D eigenvalue weighted by molar-refractivity contribution is 5.91. The zero-order chi connectivity index (χ0) is 17.8. The van der Waals surface area contributed by atoms with Crippen LogP contribution in [0.15, 0.2) is 46.9 Å². The van der Waals surface area contributed by atoms with Gasteiger partial charge in [0.05, 0.1) is 6.54 Å². The fraction of sp³-hybridized carbons (Fsp3) is 0.450. The van der Waals surface area contributed by atoms with Crippen molar-refractivity contribution in [2.45, 2.75) is 32.5 Å². The lowest BCUT2D eigenvalue weighted by molar-refractivity contribution is 0.0470. The number of piperidine rings is 1. The van der Waals surface area contributed by atoms with Crippen LogP contribution in [0.1, 0.15) is 35.2 Å². The van der Waals surface area contributed by atoms with Gasteiger partial charge < -0.3 is 15.1 Å². The third-order valence-electron chi connectivity index (χ3n) is 5.08. The van der Waals surface area contributed by atoms with Crippen LogP contribution in [0.5, 0.6) is 0 Å². The number of benzene rings is 1. The highest BCUT2D eigenvalue weighted by Gasteiger charge is 2.32. The standard InChI is InChI=1S/C20H27N3O2/c1-15-13-23(14-16-6-4-3-5-7-16)11-10-18(15)22(2)20(24)19-9-8-17(12-21)25-19/h3-9,15,18H,10-14,21H2,1-2H3/t15-,18+/m1/s1. The van der Waals surface area contributed by atoms with Gasteiger partial charge in [-0.1, -0.05) is 37.3 Å². The van der Waals surface area contributed by atoms with Crippen LogP contribution in [0.25, 0.3) is 0 Å². The van der Waals surface area contributed by atoms with Crippen molar-refractivity contribution < 1.29 is 9.21 Å². The summed E-state index contributed by atoms with van der Waals surface area (Å²) in [6.45, 7) is 5.48. The maximum atomic E-state index is 12.7. The van der Waals surface area contributed by atoms with Gasteiger partial charge in [-0.05, 0) is 30.0 Å². The summed E-state index contributed by atoms with van der Waals surface area (Å²) in [5, 5.41) is 0. The molecule has 0 aliphatic carbocycles. The summed E-state index contributed by atoms with van der Waals surface area (Å²) in [6, 6.07) is 14.3. The van der Waals surface area contributed by atoms with E-state index in [2.05, 4.69) is 36.1 Å². The van der Waals surface area contributed by atoms with Gasteiger partial charge in [-0.2, -0.15) is 0 Å². The number of carbonyl (C=O) groups is 1. The molecule has 1 amide bonds. The highest BCUT2D eigenvalue weighted by atomic mass is 16.4. The SMILES string of the molecule is C[C@@H]1CN(Cc2ccccc2)CC[C@@H]1N(C)C(=O)c1ccc(CN)o1. The average molecular weight is 341 g/mol. The number of likely N-dealkylation sites (tertiary alicyclic amines) is 1. The molecule has 0 bridgehead atoms. The first-order valence-corrected chi connectivity index (χ1v) is 8.90. The summed E-state index contributed by atoms with van der Waals surface area (Å²) < 4.78 is 5.52. The van der Waals surface area contributed by atoms with E-state index in [9.17, 15) is 4.79 Å². The van der Waals surface area contributed by atoms with E-state index >= 15 is 0 Å². The Morgan fingerprint density at radius 1 is 1.28 bits per heavy atom. The van der Waals surface area contributed by atoms with E-state index in [1.165, 1.54) is 5.56 Å². The van der Waals surface area contributed by atoms with E-state index in [0.717, 1.165) is 26.1 Å². The van der Waals surface area contributed by atoms with Gasteiger partial charge in [0.15, 0.2) is 5.76 Å². The molecule has 0 saturated carbocycles. The molecule has 134 valence electrons. The summed E-state index contributed by atoms with van der Waals surface area (Å²) in [7, 11) is 1.88. The van der Waals surface area contributed by atoms with Crippen molar-refractivity contribution in [3.63, 3.8) is 0 Å². The summed E-state index contributed by atoms with van der Waals surface area (Å²) in [5.41, 5.74) is 6.89. The number of carbonyl (C=O) groups excluding carboxylic acids is 1. The molecule has 0 unspecified atom stereocenters. The topological polar surface area (TPSA) is 62.7 Å². The van der Waals surface area contributed by atoms with Crippen LogP contribution in [0, 0.1) is 5.92 Å². The molecule has 2 heterocycles. The van der Waals surface area contributed by atoms with Gasteiger partial charge in [-0.3, -0.25) is 9.69 Å². The monoisotopic (exact) mass is 341 g/mol. The van der Waals surface area contributed by atoms with E-state index in [4.69, 9.17) is 10.2 Å². The van der Waals surface area contributed by atoms with Gasteiger partial charge in [-0.25, -0.2) is 0 Å². The molecule has 1 aliphatic heterocycles. The summed E-state index contributed by atoms with van der Waals surface area (Å²) in [6.07, 6.45) is 0.973. The van der Waals surface area contributed by atoms with Gasteiger partial charge in [0.25, 0.3) is 5.91 Å². The second-order valence-electron chi connectivity index (χ2n) is 6.94. The number of nitrogens with zero attached hydrogens (tertiary/aromatic N) is 2. The van der Waals surface area contributed by atoms with Crippen LogP contribution < -0.4 is 5.73 Å². The Morgan fingerprint density at radius 3 is 2.68 bits per heavy atom. The molecule has 1 aromatic carbocycles. The van der Waals surface area contributed by atoms with Gasteiger partial charge >= 0.3 is 0 Å². The number of furan rings is 1. The van der Waals surface area contributed by atoms with Crippen molar-refractivity contribution in [3.05, 3.63) is 59.5 Å². The van der Waals surface area contributed by atoms with Crippen molar-refractivity contribution in [2.24, 2.45) is 11.7 Å². The Morgan fingerprint density at radius 2 is 2.04 bits per heavy atom. The van der Waals surface area contributed by atoms with Gasteiger partial charge in [0.1, 0.15) is 5.76 Å². The zero-order valence-corrected chi connectivity index (χ0v) is 15.0. The van der Waals surface area contributed by atoms with Crippen molar-refractivity contribution in [3.8, 4) is 0 Å². The molecule has 3 rings (SSSR count).